The van der Waals surface area contributed by atoms with Crippen LogP contribution < -0.4 is 10.2 Å². The molecule has 0 saturated carbocycles. The van der Waals surface area contributed by atoms with Crippen LogP contribution in [-0.2, 0) is 4.74 Å². The number of nitrogens with zero attached hydrogens (tertiary/aromatic N) is 3. The molecule has 3 rings (SSSR count). The number of aromatic nitrogens is 2. The van der Waals surface area contributed by atoms with Crippen molar-refractivity contribution >= 4 is 17.5 Å². The molecule has 1 heterocycles. The van der Waals surface area contributed by atoms with E-state index >= 15 is 0 Å². The zero-order valence-corrected chi connectivity index (χ0v) is 16.9. The van der Waals surface area contributed by atoms with E-state index in [2.05, 4.69) is 66.5 Å². The number of nitrogens with one attached hydrogen (secondary N) is 1. The Kier molecular flexibility index (Phi) is 6.98. The number of hydrogen-bond acceptors (Lipinski definition) is 5. The number of ether oxygens (including phenoxy) is 1. The molecule has 0 aliphatic carbocycles. The van der Waals surface area contributed by atoms with E-state index in [9.17, 15) is 0 Å². The molecule has 0 bridgehead atoms. The van der Waals surface area contributed by atoms with Crippen LogP contribution in [0.3, 0.4) is 0 Å². The number of methoxy groups -OCH3 is 1. The lowest BCUT2D eigenvalue weighted by molar-refractivity contribution is 0.197. The second-order valence-electron chi connectivity index (χ2n) is 6.66. The fraction of sp³-hybridized carbons (Fsp3) is 0.304. The van der Waals surface area contributed by atoms with Crippen LogP contribution in [0.25, 0.3) is 11.3 Å². The first-order chi connectivity index (χ1) is 13.7. The van der Waals surface area contributed by atoms with Crippen molar-refractivity contribution in [2.45, 2.75) is 20.3 Å². The lowest BCUT2D eigenvalue weighted by Gasteiger charge is -2.23. The van der Waals surface area contributed by atoms with E-state index in [-0.39, 0.29) is 0 Å². The van der Waals surface area contributed by atoms with Gasteiger partial charge in [0.05, 0.1) is 5.69 Å². The lowest BCUT2D eigenvalue weighted by Crippen LogP contribution is -2.19. The smallest absolute Gasteiger partial charge is 0.225 e. The predicted molar refractivity (Wildman–Crippen MR) is 116 cm³/mol. The first-order valence-corrected chi connectivity index (χ1v) is 9.72. The first-order valence-electron chi connectivity index (χ1n) is 9.72. The minimum atomic E-state index is 0.638. The van der Waals surface area contributed by atoms with Gasteiger partial charge in [-0.1, -0.05) is 42.5 Å². The molecular weight excluding hydrogens is 348 g/mol. The molecule has 28 heavy (non-hydrogen) atoms. The van der Waals surface area contributed by atoms with Crippen LogP contribution in [0.2, 0.25) is 0 Å². The fourth-order valence-corrected chi connectivity index (χ4v) is 3.10. The van der Waals surface area contributed by atoms with Gasteiger partial charge in [-0.2, -0.15) is 4.98 Å². The standard InChI is InChI=1S/C23H28N4O/c1-4-27(20-13-8-10-18(2)16-20)22-17-21(19-11-6-5-7-12-19)25-23(26-22)24-14-9-15-28-3/h5-8,10-13,16-17H,4,9,14-15H2,1-3H3,(H,24,25,26). The van der Waals surface area contributed by atoms with Crippen LogP contribution in [0.4, 0.5) is 17.5 Å². The third-order valence-corrected chi connectivity index (χ3v) is 4.50. The predicted octanol–water partition coefficient (Wildman–Crippen LogP) is 5.06. The molecule has 0 aliphatic rings. The fourth-order valence-electron chi connectivity index (χ4n) is 3.10. The van der Waals surface area contributed by atoms with Gasteiger partial charge in [-0.05, 0) is 38.0 Å². The van der Waals surface area contributed by atoms with E-state index in [1.807, 2.05) is 18.2 Å². The lowest BCUT2D eigenvalue weighted by atomic mass is 10.1. The molecule has 146 valence electrons. The SMILES string of the molecule is CCN(c1cccc(C)c1)c1cc(-c2ccccc2)nc(NCCCOC)n1. The Morgan fingerprint density at radius 3 is 2.54 bits per heavy atom. The molecule has 5 nitrogen and oxygen atoms in total. The Morgan fingerprint density at radius 2 is 1.82 bits per heavy atom. The van der Waals surface area contributed by atoms with Gasteiger partial charge in [0.15, 0.2) is 0 Å². The van der Waals surface area contributed by atoms with Gasteiger partial charge in [0.2, 0.25) is 5.95 Å². The molecule has 1 N–H and O–H groups in total. The Balaban J connectivity index is 1.98. The zero-order valence-electron chi connectivity index (χ0n) is 16.9. The monoisotopic (exact) mass is 376 g/mol. The van der Waals surface area contributed by atoms with Crippen LogP contribution in [0, 0.1) is 6.92 Å². The summed E-state index contributed by atoms with van der Waals surface area (Å²) >= 11 is 0. The van der Waals surface area contributed by atoms with Crippen LogP contribution in [-0.4, -0.2) is 36.8 Å². The van der Waals surface area contributed by atoms with E-state index in [0.29, 0.717) is 12.6 Å². The van der Waals surface area contributed by atoms with Gasteiger partial charge in [0.25, 0.3) is 0 Å². The molecule has 0 saturated heterocycles. The molecule has 0 unspecified atom stereocenters. The molecule has 0 amide bonds. The zero-order chi connectivity index (χ0) is 19.8. The van der Waals surface area contributed by atoms with Gasteiger partial charge in [-0.15, -0.1) is 0 Å². The van der Waals surface area contributed by atoms with Crippen molar-refractivity contribution in [2.24, 2.45) is 0 Å². The second-order valence-corrected chi connectivity index (χ2v) is 6.66. The highest BCUT2D eigenvalue weighted by molar-refractivity contribution is 5.69. The molecule has 1 aromatic heterocycles. The van der Waals surface area contributed by atoms with Gasteiger partial charge in [0, 0.05) is 44.1 Å². The van der Waals surface area contributed by atoms with Crippen molar-refractivity contribution in [3.05, 3.63) is 66.2 Å². The average Bonchev–Trinajstić information content (AvgIpc) is 2.72. The Bertz CT molecular complexity index is 883. The van der Waals surface area contributed by atoms with Gasteiger partial charge in [-0.3, -0.25) is 0 Å². The van der Waals surface area contributed by atoms with E-state index < -0.39 is 0 Å². The molecule has 0 spiro atoms. The molecule has 5 heteroatoms. The maximum absolute atomic E-state index is 5.13. The molecule has 0 aliphatic heterocycles. The van der Waals surface area contributed by atoms with E-state index in [0.717, 1.165) is 42.3 Å². The largest absolute Gasteiger partial charge is 0.385 e. The van der Waals surface area contributed by atoms with E-state index in [1.165, 1.54) is 5.56 Å². The summed E-state index contributed by atoms with van der Waals surface area (Å²) in [7, 11) is 1.71. The molecule has 0 fully saturated rings. The minimum Gasteiger partial charge on any atom is -0.385 e. The van der Waals surface area contributed by atoms with Crippen molar-refractivity contribution in [1.29, 1.82) is 0 Å². The third-order valence-electron chi connectivity index (χ3n) is 4.50. The summed E-state index contributed by atoms with van der Waals surface area (Å²) in [5, 5.41) is 3.34. The first kappa shape index (κ1) is 19.8. The maximum atomic E-state index is 5.13. The third kappa shape index (κ3) is 5.08. The van der Waals surface area contributed by atoms with E-state index in [1.54, 1.807) is 7.11 Å². The summed E-state index contributed by atoms with van der Waals surface area (Å²) in [6.45, 7) is 6.54. The average molecular weight is 377 g/mol. The Hall–Kier alpha value is -2.92. The highest BCUT2D eigenvalue weighted by Crippen LogP contribution is 2.28. The summed E-state index contributed by atoms with van der Waals surface area (Å²) in [5.41, 5.74) is 4.34. The van der Waals surface area contributed by atoms with Crippen LogP contribution in [0.1, 0.15) is 18.9 Å². The minimum absolute atomic E-state index is 0.638. The van der Waals surface area contributed by atoms with Gasteiger partial charge in [-0.25, -0.2) is 4.98 Å². The highest BCUT2D eigenvalue weighted by Gasteiger charge is 2.13. The molecule has 0 atom stereocenters. The Morgan fingerprint density at radius 1 is 1.00 bits per heavy atom. The summed E-state index contributed by atoms with van der Waals surface area (Å²) in [6, 6.07) is 20.8. The number of benzene rings is 2. The van der Waals surface area contributed by atoms with Crippen molar-refractivity contribution in [1.82, 2.24) is 9.97 Å². The van der Waals surface area contributed by atoms with E-state index in [4.69, 9.17) is 14.7 Å². The second kappa shape index (κ2) is 9.85. The van der Waals surface area contributed by atoms with Gasteiger partial charge < -0.3 is 15.0 Å². The number of hydrogen-bond donors (Lipinski definition) is 1. The topological polar surface area (TPSA) is 50.3 Å². The summed E-state index contributed by atoms with van der Waals surface area (Å²) < 4.78 is 5.13. The molecule has 3 aromatic rings. The molecule has 0 radical (unpaired) electrons. The number of anilines is 3. The maximum Gasteiger partial charge on any atom is 0.225 e. The quantitative estimate of drug-likeness (QED) is 0.529. The summed E-state index contributed by atoms with van der Waals surface area (Å²) in [4.78, 5) is 11.7. The van der Waals surface area contributed by atoms with Crippen molar-refractivity contribution in [3.8, 4) is 11.3 Å². The van der Waals surface area contributed by atoms with Crippen LogP contribution in [0.15, 0.2) is 60.7 Å². The molecule has 2 aromatic carbocycles. The van der Waals surface area contributed by atoms with Gasteiger partial charge in [0.1, 0.15) is 5.82 Å². The summed E-state index contributed by atoms with van der Waals surface area (Å²) in [5.74, 6) is 1.52. The number of rotatable bonds is 9. The Labute approximate surface area is 167 Å². The van der Waals surface area contributed by atoms with Crippen molar-refractivity contribution in [3.63, 3.8) is 0 Å². The summed E-state index contributed by atoms with van der Waals surface area (Å²) in [6.07, 6.45) is 0.903. The van der Waals surface area contributed by atoms with Crippen LogP contribution in [0.5, 0.6) is 0 Å². The number of aryl methyl sites for hydroxylation is 1. The normalized spacial score (nSPS) is 10.7. The molecular formula is C23H28N4O. The van der Waals surface area contributed by atoms with Crippen molar-refractivity contribution < 1.29 is 4.74 Å². The van der Waals surface area contributed by atoms with Gasteiger partial charge >= 0.3 is 0 Å². The van der Waals surface area contributed by atoms with Crippen LogP contribution >= 0.6 is 0 Å². The highest BCUT2D eigenvalue weighted by atomic mass is 16.5. The van der Waals surface area contributed by atoms with Crippen molar-refractivity contribution in [2.75, 3.05) is 37.0 Å².